The van der Waals surface area contributed by atoms with E-state index in [-0.39, 0.29) is 5.24 Å². The molecular weight excluding hydrogens is 288 g/mol. The van der Waals surface area contributed by atoms with E-state index in [0.29, 0.717) is 5.92 Å². The lowest BCUT2D eigenvalue weighted by Gasteiger charge is -2.16. The molecule has 2 rings (SSSR count). The molecule has 20 heavy (non-hydrogen) atoms. The lowest BCUT2D eigenvalue weighted by molar-refractivity contribution is 0.246. The maximum Gasteiger partial charge on any atom is 0.287 e. The standard InChI is InChI=1S/C15H20N2OS2/c1-4-19-15(18)17-9-10-20-14(17)16-13-8-6-5-7-12(13)11(2)3/h5-8,11H,4,9-10H2,1-3H3. The Balaban J connectivity index is 2.28. The summed E-state index contributed by atoms with van der Waals surface area (Å²) in [4.78, 5) is 18.6. The molecule has 0 atom stereocenters. The Labute approximate surface area is 129 Å². The van der Waals surface area contributed by atoms with Crippen LogP contribution in [0.1, 0.15) is 32.3 Å². The quantitative estimate of drug-likeness (QED) is 0.810. The van der Waals surface area contributed by atoms with E-state index in [1.54, 1.807) is 16.7 Å². The Morgan fingerprint density at radius 3 is 2.90 bits per heavy atom. The summed E-state index contributed by atoms with van der Waals surface area (Å²) in [5.41, 5.74) is 2.20. The summed E-state index contributed by atoms with van der Waals surface area (Å²) in [7, 11) is 0. The molecule has 3 nitrogen and oxygen atoms in total. The van der Waals surface area contributed by atoms with E-state index < -0.39 is 0 Å². The third kappa shape index (κ3) is 3.58. The van der Waals surface area contributed by atoms with Crippen LogP contribution in [0.4, 0.5) is 10.5 Å². The number of amides is 1. The molecule has 1 aliphatic heterocycles. The van der Waals surface area contributed by atoms with E-state index in [4.69, 9.17) is 4.99 Å². The molecule has 0 saturated carbocycles. The van der Waals surface area contributed by atoms with Crippen LogP contribution in [0.5, 0.6) is 0 Å². The predicted molar refractivity (Wildman–Crippen MR) is 90.3 cm³/mol. The summed E-state index contributed by atoms with van der Waals surface area (Å²) in [5.74, 6) is 2.16. The van der Waals surface area contributed by atoms with Crippen molar-refractivity contribution >= 4 is 39.6 Å². The first-order chi connectivity index (χ1) is 9.63. The van der Waals surface area contributed by atoms with E-state index in [0.717, 1.165) is 28.9 Å². The average Bonchev–Trinajstić information content (AvgIpc) is 2.87. The molecule has 1 amide bonds. The number of thioether (sulfide) groups is 2. The minimum absolute atomic E-state index is 0.110. The van der Waals surface area contributed by atoms with Gasteiger partial charge in [-0.2, -0.15) is 0 Å². The summed E-state index contributed by atoms with van der Waals surface area (Å²) >= 11 is 3.01. The van der Waals surface area contributed by atoms with Crippen molar-refractivity contribution in [3.05, 3.63) is 29.8 Å². The number of benzene rings is 1. The SMILES string of the molecule is CCSC(=O)N1CCSC1=Nc1ccccc1C(C)C. The second kappa shape index (κ2) is 7.18. The Morgan fingerprint density at radius 1 is 1.45 bits per heavy atom. The minimum atomic E-state index is 0.110. The number of amidine groups is 1. The molecule has 0 aromatic heterocycles. The van der Waals surface area contributed by atoms with E-state index in [9.17, 15) is 4.79 Å². The van der Waals surface area contributed by atoms with Crippen molar-refractivity contribution in [2.24, 2.45) is 4.99 Å². The van der Waals surface area contributed by atoms with E-state index in [2.05, 4.69) is 19.9 Å². The smallest absolute Gasteiger partial charge is 0.281 e. The molecule has 1 fully saturated rings. The van der Waals surface area contributed by atoms with Crippen LogP contribution < -0.4 is 0 Å². The highest BCUT2D eigenvalue weighted by atomic mass is 32.2. The molecule has 0 aliphatic carbocycles. The second-order valence-corrected chi connectivity index (χ2v) is 7.08. The van der Waals surface area contributed by atoms with Gasteiger partial charge >= 0.3 is 0 Å². The van der Waals surface area contributed by atoms with Gasteiger partial charge in [-0.05, 0) is 23.3 Å². The van der Waals surface area contributed by atoms with Crippen LogP contribution in [0.25, 0.3) is 0 Å². The van der Waals surface area contributed by atoms with Gasteiger partial charge in [0.15, 0.2) is 5.17 Å². The molecule has 0 radical (unpaired) electrons. The first-order valence-electron chi connectivity index (χ1n) is 6.88. The molecule has 1 aromatic carbocycles. The number of carbonyl (C=O) groups excluding carboxylic acids is 1. The van der Waals surface area contributed by atoms with Gasteiger partial charge in [-0.3, -0.25) is 9.69 Å². The van der Waals surface area contributed by atoms with Crippen molar-refractivity contribution in [1.82, 2.24) is 4.90 Å². The zero-order valence-corrected chi connectivity index (χ0v) is 13.8. The maximum atomic E-state index is 12.1. The van der Waals surface area contributed by atoms with Crippen LogP contribution >= 0.6 is 23.5 Å². The number of rotatable bonds is 3. The molecule has 0 bridgehead atoms. The molecule has 5 heteroatoms. The van der Waals surface area contributed by atoms with Gasteiger partial charge in [-0.1, -0.05) is 62.5 Å². The molecule has 0 unspecified atom stereocenters. The molecule has 0 spiro atoms. The first kappa shape index (κ1) is 15.4. The molecule has 1 aliphatic rings. The van der Waals surface area contributed by atoms with Gasteiger partial charge in [0, 0.05) is 12.3 Å². The van der Waals surface area contributed by atoms with Gasteiger partial charge in [0.1, 0.15) is 0 Å². The third-order valence-electron chi connectivity index (χ3n) is 3.04. The largest absolute Gasteiger partial charge is 0.287 e. The van der Waals surface area contributed by atoms with Crippen molar-refractivity contribution in [3.63, 3.8) is 0 Å². The number of hydrogen-bond acceptors (Lipinski definition) is 4. The Kier molecular flexibility index (Phi) is 5.54. The van der Waals surface area contributed by atoms with Crippen LogP contribution in [0.15, 0.2) is 29.3 Å². The third-order valence-corrected chi connectivity index (χ3v) is 4.75. The van der Waals surface area contributed by atoms with Crippen molar-refractivity contribution in [1.29, 1.82) is 0 Å². The molecule has 1 saturated heterocycles. The predicted octanol–water partition coefficient (Wildman–Crippen LogP) is 4.72. The lowest BCUT2D eigenvalue weighted by Crippen LogP contribution is -2.28. The van der Waals surface area contributed by atoms with Crippen LogP contribution in [0.2, 0.25) is 0 Å². The van der Waals surface area contributed by atoms with Crippen LogP contribution in [-0.2, 0) is 0 Å². The Morgan fingerprint density at radius 2 is 2.20 bits per heavy atom. The zero-order valence-electron chi connectivity index (χ0n) is 12.1. The normalized spacial score (nSPS) is 17.2. The fourth-order valence-corrected chi connectivity index (χ4v) is 3.63. The monoisotopic (exact) mass is 308 g/mol. The summed E-state index contributed by atoms with van der Waals surface area (Å²) in [5, 5.41) is 0.947. The maximum absolute atomic E-state index is 12.1. The van der Waals surface area contributed by atoms with Gasteiger partial charge in [0.25, 0.3) is 5.24 Å². The molecule has 0 N–H and O–H groups in total. The highest BCUT2D eigenvalue weighted by molar-refractivity contribution is 8.16. The fourth-order valence-electron chi connectivity index (χ4n) is 2.05. The van der Waals surface area contributed by atoms with Crippen LogP contribution in [0, 0.1) is 0 Å². The second-order valence-electron chi connectivity index (χ2n) is 4.81. The molecule has 108 valence electrons. The highest BCUT2D eigenvalue weighted by Crippen LogP contribution is 2.30. The summed E-state index contributed by atoms with van der Waals surface area (Å²) in [6.45, 7) is 7.09. The van der Waals surface area contributed by atoms with Gasteiger partial charge < -0.3 is 0 Å². The van der Waals surface area contributed by atoms with Crippen molar-refractivity contribution in [2.75, 3.05) is 18.1 Å². The summed E-state index contributed by atoms with van der Waals surface area (Å²) in [6.07, 6.45) is 0. The topological polar surface area (TPSA) is 32.7 Å². The Hall–Kier alpha value is -0.940. The highest BCUT2D eigenvalue weighted by Gasteiger charge is 2.25. The molecule has 1 heterocycles. The molecule has 1 aromatic rings. The number of hydrogen-bond donors (Lipinski definition) is 0. The van der Waals surface area contributed by atoms with Gasteiger partial charge in [-0.25, -0.2) is 4.99 Å². The van der Waals surface area contributed by atoms with Gasteiger partial charge in [0.05, 0.1) is 5.69 Å². The number of carbonyl (C=O) groups is 1. The Bertz CT molecular complexity index is 514. The zero-order chi connectivity index (χ0) is 14.5. The van der Waals surface area contributed by atoms with Gasteiger partial charge in [0.2, 0.25) is 0 Å². The van der Waals surface area contributed by atoms with Crippen molar-refractivity contribution < 1.29 is 4.79 Å². The fraction of sp³-hybridized carbons (Fsp3) is 0.467. The summed E-state index contributed by atoms with van der Waals surface area (Å²) in [6, 6.07) is 8.17. The lowest BCUT2D eigenvalue weighted by atomic mass is 10.0. The van der Waals surface area contributed by atoms with Crippen molar-refractivity contribution in [2.45, 2.75) is 26.7 Å². The number of para-hydroxylation sites is 1. The van der Waals surface area contributed by atoms with Crippen LogP contribution in [-0.4, -0.2) is 33.4 Å². The summed E-state index contributed by atoms with van der Waals surface area (Å²) < 4.78 is 0. The van der Waals surface area contributed by atoms with E-state index in [1.165, 1.54) is 17.3 Å². The average molecular weight is 308 g/mol. The molecular formula is C15H20N2OS2. The van der Waals surface area contributed by atoms with Gasteiger partial charge in [-0.15, -0.1) is 0 Å². The van der Waals surface area contributed by atoms with Crippen molar-refractivity contribution in [3.8, 4) is 0 Å². The number of aliphatic imine (C=N–C) groups is 1. The van der Waals surface area contributed by atoms with E-state index >= 15 is 0 Å². The number of nitrogens with zero attached hydrogens (tertiary/aromatic N) is 2. The van der Waals surface area contributed by atoms with E-state index in [1.807, 2.05) is 25.1 Å². The minimum Gasteiger partial charge on any atom is -0.281 e. The first-order valence-corrected chi connectivity index (χ1v) is 8.85. The van der Waals surface area contributed by atoms with Crippen LogP contribution in [0.3, 0.4) is 0 Å².